The van der Waals surface area contributed by atoms with E-state index in [0.717, 1.165) is 17.0 Å². The minimum absolute atomic E-state index is 0.866. The SMILES string of the molecule is CC=Cc1ccc2c(c1C=CC)-c1ccccc1NO2. The molecule has 2 aromatic rings. The first kappa shape index (κ1) is 12.5. The molecule has 0 saturated carbocycles. The number of fused-ring (bicyclic) bond motifs is 3. The zero-order valence-electron chi connectivity index (χ0n) is 11.7. The highest BCUT2D eigenvalue weighted by atomic mass is 16.6. The topological polar surface area (TPSA) is 21.3 Å². The molecule has 2 nitrogen and oxygen atoms in total. The highest BCUT2D eigenvalue weighted by Gasteiger charge is 2.20. The first-order chi connectivity index (χ1) is 9.85. The van der Waals surface area contributed by atoms with Crippen LogP contribution in [0.5, 0.6) is 5.75 Å². The molecule has 100 valence electrons. The smallest absolute Gasteiger partial charge is 0.163 e. The fourth-order valence-electron chi connectivity index (χ4n) is 2.55. The van der Waals surface area contributed by atoms with Crippen LogP contribution in [-0.4, -0.2) is 0 Å². The summed E-state index contributed by atoms with van der Waals surface area (Å²) in [5, 5.41) is 0. The average molecular weight is 263 g/mol. The molecule has 1 aliphatic heterocycles. The van der Waals surface area contributed by atoms with E-state index in [-0.39, 0.29) is 0 Å². The minimum atomic E-state index is 0.866. The van der Waals surface area contributed by atoms with Crippen LogP contribution in [0.1, 0.15) is 25.0 Å². The molecule has 2 aromatic carbocycles. The monoisotopic (exact) mass is 263 g/mol. The highest BCUT2D eigenvalue weighted by molar-refractivity contribution is 5.91. The molecule has 1 N–H and O–H groups in total. The number of benzene rings is 2. The molecule has 2 heteroatoms. The van der Waals surface area contributed by atoms with Gasteiger partial charge in [-0.15, -0.1) is 0 Å². The Labute approximate surface area is 119 Å². The predicted molar refractivity (Wildman–Crippen MR) is 85.5 cm³/mol. The van der Waals surface area contributed by atoms with Gasteiger partial charge in [0.15, 0.2) is 5.75 Å². The van der Waals surface area contributed by atoms with Gasteiger partial charge in [0.2, 0.25) is 0 Å². The van der Waals surface area contributed by atoms with Crippen molar-refractivity contribution in [3.63, 3.8) is 0 Å². The maximum Gasteiger partial charge on any atom is 0.163 e. The van der Waals surface area contributed by atoms with Gasteiger partial charge >= 0.3 is 0 Å². The van der Waals surface area contributed by atoms with Crippen LogP contribution < -0.4 is 10.3 Å². The Hall–Kier alpha value is -2.48. The second-order valence-electron chi connectivity index (χ2n) is 4.69. The molecular formula is C18H17NO. The van der Waals surface area contributed by atoms with E-state index < -0.39 is 0 Å². The lowest BCUT2D eigenvalue weighted by Gasteiger charge is -2.24. The van der Waals surface area contributed by atoms with E-state index in [9.17, 15) is 0 Å². The van der Waals surface area contributed by atoms with Gasteiger partial charge in [0.1, 0.15) is 0 Å². The second-order valence-corrected chi connectivity index (χ2v) is 4.69. The summed E-state index contributed by atoms with van der Waals surface area (Å²) in [5.41, 5.74) is 8.71. The fraction of sp³-hybridized carbons (Fsp3) is 0.111. The summed E-state index contributed by atoms with van der Waals surface area (Å²) in [6, 6.07) is 12.3. The van der Waals surface area contributed by atoms with Crippen LogP contribution >= 0.6 is 0 Å². The normalized spacial score (nSPS) is 12.9. The second kappa shape index (κ2) is 5.25. The lowest BCUT2D eigenvalue weighted by Crippen LogP contribution is -2.12. The van der Waals surface area contributed by atoms with Gasteiger partial charge in [-0.05, 0) is 37.1 Å². The Kier molecular flexibility index (Phi) is 3.30. The maximum atomic E-state index is 5.66. The van der Waals surface area contributed by atoms with Crippen LogP contribution in [0, 0.1) is 0 Å². The van der Waals surface area contributed by atoms with Gasteiger partial charge < -0.3 is 4.84 Å². The average Bonchev–Trinajstić information content (AvgIpc) is 2.49. The van der Waals surface area contributed by atoms with Crippen molar-refractivity contribution >= 4 is 17.8 Å². The lowest BCUT2D eigenvalue weighted by molar-refractivity contribution is 0.402. The van der Waals surface area contributed by atoms with Gasteiger partial charge in [-0.25, -0.2) is 5.48 Å². The molecule has 0 unspecified atom stereocenters. The summed E-state index contributed by atoms with van der Waals surface area (Å²) in [4.78, 5) is 5.66. The van der Waals surface area contributed by atoms with Gasteiger partial charge in [-0.3, -0.25) is 0 Å². The van der Waals surface area contributed by atoms with Gasteiger partial charge in [0, 0.05) is 11.1 Å². The van der Waals surface area contributed by atoms with Crippen LogP contribution in [0.15, 0.2) is 48.6 Å². The molecule has 0 saturated heterocycles. The summed E-state index contributed by atoms with van der Waals surface area (Å²) in [6.45, 7) is 4.07. The van der Waals surface area contributed by atoms with E-state index in [1.165, 1.54) is 16.7 Å². The summed E-state index contributed by atoms with van der Waals surface area (Å²) in [7, 11) is 0. The van der Waals surface area contributed by atoms with Crippen molar-refractivity contribution < 1.29 is 4.84 Å². The Morgan fingerprint density at radius 1 is 0.950 bits per heavy atom. The summed E-state index contributed by atoms with van der Waals surface area (Å²) >= 11 is 0. The molecule has 1 heterocycles. The number of para-hydroxylation sites is 1. The van der Waals surface area contributed by atoms with Crippen molar-refractivity contribution in [1.29, 1.82) is 0 Å². The van der Waals surface area contributed by atoms with Crippen molar-refractivity contribution in [2.24, 2.45) is 0 Å². The Morgan fingerprint density at radius 3 is 2.55 bits per heavy atom. The lowest BCUT2D eigenvalue weighted by atomic mass is 9.92. The zero-order valence-corrected chi connectivity index (χ0v) is 11.7. The molecule has 0 atom stereocenters. The largest absolute Gasteiger partial charge is 0.381 e. The third-order valence-electron chi connectivity index (χ3n) is 3.39. The number of hydrogen-bond donors (Lipinski definition) is 1. The van der Waals surface area contributed by atoms with Crippen molar-refractivity contribution in [3.05, 3.63) is 59.7 Å². The maximum absolute atomic E-state index is 5.66. The first-order valence-electron chi connectivity index (χ1n) is 6.79. The van der Waals surface area contributed by atoms with E-state index in [1.54, 1.807) is 0 Å². The van der Waals surface area contributed by atoms with Crippen LogP contribution in [0.25, 0.3) is 23.3 Å². The van der Waals surface area contributed by atoms with Crippen LogP contribution in [0.3, 0.4) is 0 Å². The van der Waals surface area contributed by atoms with Crippen LogP contribution in [0.4, 0.5) is 5.69 Å². The Balaban J connectivity index is 2.32. The van der Waals surface area contributed by atoms with Gasteiger partial charge in [-0.1, -0.05) is 48.6 Å². The number of allylic oxidation sites excluding steroid dienone is 2. The van der Waals surface area contributed by atoms with E-state index >= 15 is 0 Å². The molecule has 0 aromatic heterocycles. The molecule has 0 bridgehead atoms. The highest BCUT2D eigenvalue weighted by Crippen LogP contribution is 2.43. The quantitative estimate of drug-likeness (QED) is 0.810. The zero-order chi connectivity index (χ0) is 13.9. The minimum Gasteiger partial charge on any atom is -0.381 e. The van der Waals surface area contributed by atoms with Gasteiger partial charge in [0.25, 0.3) is 0 Å². The van der Waals surface area contributed by atoms with Crippen molar-refractivity contribution in [1.82, 2.24) is 0 Å². The Bertz CT molecular complexity index is 699. The van der Waals surface area contributed by atoms with E-state index in [4.69, 9.17) is 4.84 Å². The molecule has 0 aliphatic carbocycles. The third-order valence-corrected chi connectivity index (χ3v) is 3.39. The summed E-state index contributed by atoms with van der Waals surface area (Å²) < 4.78 is 0. The molecule has 1 aliphatic rings. The number of anilines is 1. The van der Waals surface area contributed by atoms with Crippen molar-refractivity contribution in [2.45, 2.75) is 13.8 Å². The first-order valence-corrected chi connectivity index (χ1v) is 6.79. The van der Waals surface area contributed by atoms with Crippen LogP contribution in [0.2, 0.25) is 0 Å². The molecule has 0 amide bonds. The number of nitrogens with one attached hydrogen (secondary N) is 1. The summed E-state index contributed by atoms with van der Waals surface area (Å²) in [5.74, 6) is 0.866. The van der Waals surface area contributed by atoms with E-state index in [0.29, 0.717) is 0 Å². The molecule has 3 rings (SSSR count). The number of hydrogen-bond acceptors (Lipinski definition) is 2. The van der Waals surface area contributed by atoms with Crippen molar-refractivity contribution in [3.8, 4) is 16.9 Å². The molecule has 20 heavy (non-hydrogen) atoms. The number of rotatable bonds is 2. The van der Waals surface area contributed by atoms with Crippen molar-refractivity contribution in [2.75, 3.05) is 5.48 Å². The molecule has 0 radical (unpaired) electrons. The fourth-order valence-corrected chi connectivity index (χ4v) is 2.55. The molecular weight excluding hydrogens is 246 g/mol. The predicted octanol–water partition coefficient (Wildman–Crippen LogP) is 5.14. The summed E-state index contributed by atoms with van der Waals surface area (Å²) in [6.07, 6.45) is 8.38. The van der Waals surface area contributed by atoms with Gasteiger partial charge in [0.05, 0.1) is 5.69 Å². The van der Waals surface area contributed by atoms with E-state index in [2.05, 4.69) is 48.0 Å². The standard InChI is InChI=1S/C18H17NO/c1-3-7-13-11-12-17-18(14(13)8-4-2)15-9-5-6-10-16(15)19-20-17/h3-12,19H,1-2H3. The van der Waals surface area contributed by atoms with Crippen LogP contribution in [-0.2, 0) is 0 Å². The van der Waals surface area contributed by atoms with E-state index in [1.807, 2.05) is 32.0 Å². The Morgan fingerprint density at radius 2 is 1.75 bits per heavy atom. The third kappa shape index (κ3) is 1.99. The molecule has 0 spiro atoms. The molecule has 0 fully saturated rings. The van der Waals surface area contributed by atoms with Gasteiger partial charge in [-0.2, -0.15) is 0 Å².